The molecule has 0 radical (unpaired) electrons. The number of halogens is 2. The first-order chi connectivity index (χ1) is 11.7. The Balaban J connectivity index is 2.21. The number of hydrogen-bond acceptors (Lipinski definition) is 5. The van der Waals surface area contributed by atoms with E-state index in [0.29, 0.717) is 17.2 Å². The summed E-state index contributed by atoms with van der Waals surface area (Å²) in [5.74, 6) is 0. The third kappa shape index (κ3) is 3.08. The molecule has 3 rings (SSSR count). The van der Waals surface area contributed by atoms with Crippen molar-refractivity contribution in [3.63, 3.8) is 0 Å². The molecule has 0 saturated carbocycles. The van der Waals surface area contributed by atoms with E-state index in [-0.39, 0.29) is 5.17 Å². The summed E-state index contributed by atoms with van der Waals surface area (Å²) in [6, 6.07) is 7.39. The molecule has 2 aromatic heterocycles. The van der Waals surface area contributed by atoms with Crippen LogP contribution in [0.3, 0.4) is 0 Å². The van der Waals surface area contributed by atoms with Gasteiger partial charge in [-0.15, -0.1) is 0 Å². The van der Waals surface area contributed by atoms with E-state index in [1.165, 1.54) is 7.11 Å². The van der Waals surface area contributed by atoms with Gasteiger partial charge in [0.25, 0.3) is 0 Å². The Bertz CT molecular complexity index is 908. The average Bonchev–Trinajstić information content (AvgIpc) is 2.98. The van der Waals surface area contributed by atoms with Gasteiger partial charge in [-0.2, -0.15) is 5.10 Å². The molecule has 2 heterocycles. The molecule has 124 valence electrons. The van der Waals surface area contributed by atoms with Gasteiger partial charge < -0.3 is 9.57 Å². The Morgan fingerprint density at radius 2 is 2.12 bits per heavy atom. The van der Waals surface area contributed by atoms with E-state index in [2.05, 4.69) is 15.2 Å². The summed E-state index contributed by atoms with van der Waals surface area (Å²) in [5.41, 5.74) is 3.01. The molecular weight excluding hydrogens is 351 g/mol. The maximum Gasteiger partial charge on any atom is 0.179 e. The molecule has 0 unspecified atom stereocenters. The number of ether oxygens (including phenoxy) is 1. The van der Waals surface area contributed by atoms with E-state index in [1.54, 1.807) is 30.3 Å². The fourth-order valence-electron chi connectivity index (χ4n) is 2.45. The van der Waals surface area contributed by atoms with Crippen molar-refractivity contribution in [1.82, 2.24) is 14.8 Å². The maximum absolute atomic E-state index is 6.17. The van der Waals surface area contributed by atoms with Crippen LogP contribution in [0.4, 0.5) is 0 Å². The van der Waals surface area contributed by atoms with Crippen molar-refractivity contribution < 1.29 is 9.57 Å². The molecule has 3 aromatic rings. The second-order valence-electron chi connectivity index (χ2n) is 4.91. The number of pyridine rings is 1. The van der Waals surface area contributed by atoms with Gasteiger partial charge in [-0.1, -0.05) is 28.4 Å². The van der Waals surface area contributed by atoms with Gasteiger partial charge in [-0.25, -0.2) is 4.68 Å². The van der Waals surface area contributed by atoms with E-state index < -0.39 is 0 Å². The number of benzene rings is 1. The minimum Gasteiger partial charge on any atom is -0.398 e. The molecule has 0 saturated heterocycles. The van der Waals surface area contributed by atoms with Gasteiger partial charge in [0, 0.05) is 23.7 Å². The Kier molecular flexibility index (Phi) is 4.99. The van der Waals surface area contributed by atoms with Crippen molar-refractivity contribution in [2.45, 2.75) is 6.61 Å². The van der Waals surface area contributed by atoms with E-state index in [4.69, 9.17) is 32.8 Å². The molecule has 0 spiro atoms. The molecule has 8 heteroatoms. The number of methoxy groups -OCH3 is 1. The Labute approximate surface area is 148 Å². The monoisotopic (exact) mass is 364 g/mol. The summed E-state index contributed by atoms with van der Waals surface area (Å²) in [7, 11) is 3.04. The van der Waals surface area contributed by atoms with Crippen molar-refractivity contribution in [3.05, 3.63) is 52.9 Å². The van der Waals surface area contributed by atoms with Crippen molar-refractivity contribution in [3.8, 4) is 5.69 Å². The number of oxime groups is 1. The van der Waals surface area contributed by atoms with Crippen LogP contribution in [0, 0.1) is 0 Å². The topological polar surface area (TPSA) is 61.5 Å². The van der Waals surface area contributed by atoms with E-state index in [0.717, 1.165) is 22.3 Å². The van der Waals surface area contributed by atoms with Crippen LogP contribution in [0.1, 0.15) is 11.3 Å². The lowest BCUT2D eigenvalue weighted by molar-refractivity contribution is 0.179. The molecule has 0 aliphatic heterocycles. The van der Waals surface area contributed by atoms with Gasteiger partial charge in [-0.3, -0.25) is 4.98 Å². The zero-order chi connectivity index (χ0) is 17.1. The van der Waals surface area contributed by atoms with Crippen LogP contribution in [0.5, 0.6) is 0 Å². The second kappa shape index (κ2) is 7.17. The number of nitrogens with zero attached hydrogens (tertiary/aromatic N) is 4. The van der Waals surface area contributed by atoms with Crippen molar-refractivity contribution in [2.24, 2.45) is 5.16 Å². The number of fused-ring (bicyclic) bond motifs is 1. The summed E-state index contributed by atoms with van der Waals surface area (Å²) in [6.45, 7) is 0.308. The summed E-state index contributed by atoms with van der Waals surface area (Å²) in [5, 5.41) is 9.94. The molecule has 1 aromatic carbocycles. The summed E-state index contributed by atoms with van der Waals surface area (Å²) in [6.07, 6.45) is 3.33. The van der Waals surface area contributed by atoms with Crippen molar-refractivity contribution in [1.29, 1.82) is 0 Å². The fourth-order valence-corrected chi connectivity index (χ4v) is 2.84. The van der Waals surface area contributed by atoms with Gasteiger partial charge in [0.15, 0.2) is 5.17 Å². The summed E-state index contributed by atoms with van der Waals surface area (Å²) < 4.78 is 7.05. The van der Waals surface area contributed by atoms with E-state index >= 15 is 0 Å². The van der Waals surface area contributed by atoms with Gasteiger partial charge in [-0.05, 0) is 24.3 Å². The molecule has 0 fully saturated rings. The molecule has 0 aliphatic rings. The zero-order valence-electron chi connectivity index (χ0n) is 13.0. The molecular formula is C16H14Cl2N4O2. The maximum atomic E-state index is 6.17. The number of hydrogen-bond donors (Lipinski definition) is 0. The quantitative estimate of drug-likeness (QED) is 0.510. The van der Waals surface area contributed by atoms with Gasteiger partial charge in [0.1, 0.15) is 7.11 Å². The number of aromatic nitrogens is 3. The Hall–Kier alpha value is -2.15. The Morgan fingerprint density at radius 3 is 2.88 bits per heavy atom. The first-order valence-electron chi connectivity index (χ1n) is 7.03. The highest BCUT2D eigenvalue weighted by atomic mass is 35.5. The lowest BCUT2D eigenvalue weighted by Gasteiger charge is -2.11. The molecule has 0 N–H and O–H groups in total. The third-order valence-corrected chi connectivity index (χ3v) is 3.96. The van der Waals surface area contributed by atoms with Gasteiger partial charge in [0.05, 0.1) is 35.3 Å². The minimum atomic E-state index is 0.206. The standard InChI is InChI=1S/C16H14Cl2N4O2/c1-23-9-15-12(16(18)21-24-2)8-20-22(15)14-5-6-19-13-7-10(17)3-4-11(13)14/h3-8H,9H2,1-2H3. The van der Waals surface area contributed by atoms with Gasteiger partial charge in [0.2, 0.25) is 0 Å². The van der Waals surface area contributed by atoms with Crippen LogP contribution in [-0.2, 0) is 16.2 Å². The second-order valence-corrected chi connectivity index (χ2v) is 5.70. The smallest absolute Gasteiger partial charge is 0.179 e. The first kappa shape index (κ1) is 16.7. The first-order valence-corrected chi connectivity index (χ1v) is 7.78. The van der Waals surface area contributed by atoms with E-state index in [1.807, 2.05) is 18.2 Å². The van der Waals surface area contributed by atoms with E-state index in [9.17, 15) is 0 Å². The van der Waals surface area contributed by atoms with Crippen LogP contribution in [-0.4, -0.2) is 34.2 Å². The highest BCUT2D eigenvalue weighted by Crippen LogP contribution is 2.26. The molecule has 0 amide bonds. The third-order valence-electron chi connectivity index (χ3n) is 3.45. The van der Waals surface area contributed by atoms with Crippen LogP contribution in [0.25, 0.3) is 16.6 Å². The minimum absolute atomic E-state index is 0.206. The van der Waals surface area contributed by atoms with Crippen LogP contribution >= 0.6 is 23.2 Å². The molecule has 0 bridgehead atoms. The predicted octanol–water partition coefficient (Wildman–Crippen LogP) is 3.77. The van der Waals surface area contributed by atoms with Crippen molar-refractivity contribution >= 4 is 39.3 Å². The average molecular weight is 365 g/mol. The Morgan fingerprint density at radius 1 is 1.29 bits per heavy atom. The fraction of sp³-hybridized carbons (Fsp3) is 0.188. The summed E-state index contributed by atoms with van der Waals surface area (Å²) in [4.78, 5) is 9.09. The lowest BCUT2D eigenvalue weighted by atomic mass is 10.2. The molecule has 6 nitrogen and oxygen atoms in total. The normalized spacial score (nSPS) is 11.9. The molecule has 0 aliphatic carbocycles. The lowest BCUT2D eigenvalue weighted by Crippen LogP contribution is -2.07. The van der Waals surface area contributed by atoms with Crippen LogP contribution < -0.4 is 0 Å². The highest BCUT2D eigenvalue weighted by molar-refractivity contribution is 6.69. The largest absolute Gasteiger partial charge is 0.398 e. The predicted molar refractivity (Wildman–Crippen MR) is 94.0 cm³/mol. The SMILES string of the molecule is COCc1c(C(Cl)=NOC)cnn1-c1ccnc2cc(Cl)ccc12. The van der Waals surface area contributed by atoms with Crippen LogP contribution in [0.15, 0.2) is 41.8 Å². The van der Waals surface area contributed by atoms with Crippen molar-refractivity contribution in [2.75, 3.05) is 14.2 Å². The van der Waals surface area contributed by atoms with Crippen LogP contribution in [0.2, 0.25) is 5.02 Å². The molecule has 24 heavy (non-hydrogen) atoms. The number of rotatable bonds is 5. The summed E-state index contributed by atoms with van der Waals surface area (Å²) >= 11 is 12.2. The molecule has 0 atom stereocenters. The van der Waals surface area contributed by atoms with Gasteiger partial charge >= 0.3 is 0 Å². The highest BCUT2D eigenvalue weighted by Gasteiger charge is 2.18. The zero-order valence-corrected chi connectivity index (χ0v) is 14.5.